The number of hydrogen-bond donors (Lipinski definition) is 0. The monoisotopic (exact) mass is 532 g/mol. The summed E-state index contributed by atoms with van der Waals surface area (Å²) in [5, 5.41) is 5.30. The van der Waals surface area contributed by atoms with Gasteiger partial charge in [-0.1, -0.05) is 65.7 Å². The van der Waals surface area contributed by atoms with Crippen LogP contribution in [0.3, 0.4) is 0 Å². The fourth-order valence-corrected chi connectivity index (χ4v) is 5.23. The van der Waals surface area contributed by atoms with E-state index in [1.165, 1.54) is 22.5 Å². The number of rotatable bonds is 5. The topological polar surface area (TPSA) is 35.8 Å². The maximum atomic E-state index is 6.24. The van der Waals surface area contributed by atoms with E-state index in [0.29, 0.717) is 16.8 Å². The van der Waals surface area contributed by atoms with Crippen molar-refractivity contribution >= 4 is 28.9 Å². The van der Waals surface area contributed by atoms with E-state index in [-0.39, 0.29) is 41.2 Å². The van der Waals surface area contributed by atoms with Crippen molar-refractivity contribution < 1.29 is 39.0 Å². The Morgan fingerprint density at radius 1 is 1.08 bits per heavy atom. The number of benzene rings is 3. The fraction of sp³-hybridized carbons (Fsp3) is 0.310. The summed E-state index contributed by atoms with van der Waals surface area (Å²) in [5.74, 6) is 0.882. The van der Waals surface area contributed by atoms with E-state index in [0.717, 1.165) is 24.3 Å². The maximum Gasteiger partial charge on any atom is 1.00 e. The van der Waals surface area contributed by atoms with Crippen LogP contribution in [0.1, 0.15) is 43.7 Å². The molecule has 2 unspecified atom stereocenters. The Kier molecular flexibility index (Phi) is 10.4. The summed E-state index contributed by atoms with van der Waals surface area (Å²) in [5.41, 5.74) is 6.01. The molecule has 0 amide bonds. The number of fused-ring (bicyclic) bond motifs is 1. The number of methoxy groups -OCH3 is 1. The normalized spacial score (nSPS) is 21.1. The van der Waals surface area contributed by atoms with Gasteiger partial charge >= 0.3 is 29.6 Å². The fourth-order valence-electron chi connectivity index (χ4n) is 4.91. The summed E-state index contributed by atoms with van der Waals surface area (Å²) in [4.78, 5) is 2.38. The van der Waals surface area contributed by atoms with E-state index in [4.69, 9.17) is 32.7 Å². The van der Waals surface area contributed by atoms with Crippen molar-refractivity contribution in [2.24, 2.45) is 0 Å². The Morgan fingerprint density at radius 3 is 2.36 bits per heavy atom. The van der Waals surface area contributed by atoms with E-state index in [2.05, 4.69) is 55.3 Å². The van der Waals surface area contributed by atoms with Gasteiger partial charge in [-0.2, -0.15) is 0 Å². The predicted octanol–water partition coefficient (Wildman–Crippen LogP) is 5.30. The maximum absolute atomic E-state index is 6.24. The minimum atomic E-state index is -0.147. The molecular weight excluding hydrogens is 502 g/mol. The zero-order valence-corrected chi connectivity index (χ0v) is 25.1. The van der Waals surface area contributed by atoms with Crippen LogP contribution in [-0.4, -0.2) is 20.4 Å². The molecule has 2 aliphatic rings. The summed E-state index contributed by atoms with van der Waals surface area (Å²) in [7, 11) is 1.71. The van der Waals surface area contributed by atoms with Crippen LogP contribution in [0.5, 0.6) is 5.75 Å². The van der Waals surface area contributed by atoms with Gasteiger partial charge < -0.3 is 19.7 Å². The van der Waals surface area contributed by atoms with Crippen molar-refractivity contribution in [2.75, 3.05) is 25.3 Å². The van der Waals surface area contributed by atoms with Crippen molar-refractivity contribution in [3.05, 3.63) is 111 Å². The second-order valence-corrected chi connectivity index (χ2v) is 9.61. The largest absolute Gasteiger partial charge is 1.00 e. The van der Waals surface area contributed by atoms with E-state index in [1.54, 1.807) is 7.11 Å². The summed E-state index contributed by atoms with van der Waals surface area (Å²) in [6, 6.07) is 22.3. The second-order valence-electron chi connectivity index (χ2n) is 8.80. The first-order chi connectivity index (χ1) is 16.9. The molecule has 2 heterocycles. The molecule has 0 spiro atoms. The molecule has 2 aliphatic heterocycles. The molecule has 5 rings (SSSR count). The van der Waals surface area contributed by atoms with Gasteiger partial charge in [0.25, 0.3) is 0 Å². The van der Waals surface area contributed by atoms with E-state index >= 15 is 0 Å². The molecule has 0 aliphatic carbocycles. The minimum Gasteiger partial charge on any atom is -0.610 e. The Morgan fingerprint density at radius 2 is 1.81 bits per heavy atom. The van der Waals surface area contributed by atoms with Crippen LogP contribution in [0.2, 0.25) is 10.0 Å². The average Bonchev–Trinajstić information content (AvgIpc) is 3.07. The number of halogens is 2. The standard InChI is InChI=1S/C21H23Cl2NO.C8H8NO.Na/c1-5-20-21(3,13-14-7-9-17(22)18(23)11-14)16-12-15(25-4)8-10-19(16)24(20)6-2;1-2-4-7(5-3-1)8-9-6-10-8;/h5,7-12H,6,13H2,1-4H3;1-5,8H,6H2;/q;-1;+1/b20-5-;;. The van der Waals surface area contributed by atoms with Gasteiger partial charge in [0.1, 0.15) is 5.75 Å². The molecule has 1 saturated heterocycles. The van der Waals surface area contributed by atoms with Crippen molar-refractivity contribution in [3.63, 3.8) is 0 Å². The van der Waals surface area contributed by atoms with Crippen LogP contribution in [0.25, 0.3) is 5.32 Å². The number of ether oxygens (including phenoxy) is 2. The third-order valence-corrected chi connectivity index (χ3v) is 7.37. The van der Waals surface area contributed by atoms with Gasteiger partial charge in [0, 0.05) is 23.3 Å². The van der Waals surface area contributed by atoms with Crippen LogP contribution >= 0.6 is 23.2 Å². The third kappa shape index (κ3) is 5.97. The van der Waals surface area contributed by atoms with Gasteiger partial charge in [-0.05, 0) is 87.2 Å². The van der Waals surface area contributed by atoms with E-state index in [1.807, 2.05) is 48.5 Å². The molecule has 2 atom stereocenters. The molecular formula is C29H31Cl2N2NaO2. The predicted molar refractivity (Wildman–Crippen MR) is 146 cm³/mol. The van der Waals surface area contributed by atoms with Gasteiger partial charge in [-0.3, -0.25) is 0 Å². The third-order valence-electron chi connectivity index (χ3n) is 6.63. The zero-order chi connectivity index (χ0) is 25.0. The Labute approximate surface area is 246 Å². The molecule has 0 saturated carbocycles. The molecule has 3 aromatic rings. The molecule has 0 bridgehead atoms. The Bertz CT molecular complexity index is 1200. The number of allylic oxidation sites excluding steroid dienone is 2. The quantitative estimate of drug-likeness (QED) is 0.418. The van der Waals surface area contributed by atoms with Crippen molar-refractivity contribution in [1.82, 2.24) is 0 Å². The molecule has 184 valence electrons. The van der Waals surface area contributed by atoms with Gasteiger partial charge in [0.2, 0.25) is 0 Å². The summed E-state index contributed by atoms with van der Waals surface area (Å²) in [6.07, 6.45) is 3.08. The van der Waals surface area contributed by atoms with Crippen LogP contribution < -0.4 is 39.2 Å². The smallest absolute Gasteiger partial charge is 0.610 e. The van der Waals surface area contributed by atoms with Crippen LogP contribution in [0.4, 0.5) is 5.69 Å². The second kappa shape index (κ2) is 12.8. The number of anilines is 1. The van der Waals surface area contributed by atoms with Crippen molar-refractivity contribution in [1.29, 1.82) is 0 Å². The molecule has 3 aromatic carbocycles. The van der Waals surface area contributed by atoms with Gasteiger partial charge in [0.05, 0.1) is 17.2 Å². The number of likely N-dealkylation sites (N-methyl/N-ethyl adjacent to an activating group) is 1. The Hall–Kier alpha value is -1.50. The van der Waals surface area contributed by atoms with E-state index in [9.17, 15) is 0 Å². The van der Waals surface area contributed by atoms with Crippen molar-refractivity contribution in [2.45, 2.75) is 38.8 Å². The molecule has 36 heavy (non-hydrogen) atoms. The van der Waals surface area contributed by atoms with Crippen LogP contribution in [0.15, 0.2) is 78.5 Å². The molecule has 4 nitrogen and oxygen atoms in total. The molecule has 1 fully saturated rings. The molecule has 0 radical (unpaired) electrons. The number of nitrogens with zero attached hydrogens (tertiary/aromatic N) is 2. The van der Waals surface area contributed by atoms with E-state index < -0.39 is 0 Å². The molecule has 7 heteroatoms. The van der Waals surface area contributed by atoms with Crippen LogP contribution in [0, 0.1) is 0 Å². The molecule has 0 N–H and O–H groups in total. The Balaban J connectivity index is 0.000000273. The zero-order valence-electron chi connectivity index (χ0n) is 21.6. The summed E-state index contributed by atoms with van der Waals surface area (Å²) >= 11 is 12.3. The van der Waals surface area contributed by atoms with Crippen LogP contribution in [-0.2, 0) is 16.6 Å². The van der Waals surface area contributed by atoms with Gasteiger partial charge in [0.15, 0.2) is 0 Å². The number of hydrogen-bond acceptors (Lipinski definition) is 3. The van der Waals surface area contributed by atoms with Gasteiger partial charge in [-0.25, -0.2) is 0 Å². The minimum absolute atomic E-state index is 0. The first kappa shape index (κ1) is 29.1. The average molecular weight is 533 g/mol. The molecule has 0 aromatic heterocycles. The van der Waals surface area contributed by atoms with Gasteiger partial charge in [-0.15, -0.1) is 0 Å². The summed E-state index contributed by atoms with van der Waals surface area (Å²) < 4.78 is 10.6. The first-order valence-electron chi connectivity index (χ1n) is 11.8. The summed E-state index contributed by atoms with van der Waals surface area (Å²) in [6.45, 7) is 8.06. The first-order valence-corrected chi connectivity index (χ1v) is 12.6. The van der Waals surface area contributed by atoms with Crippen molar-refractivity contribution in [3.8, 4) is 5.75 Å². The SMILES string of the molecule is C/C=C1\N(CC)c2ccc(OC)cc2C1(C)Cc1ccc(Cl)c(Cl)c1.[Na+].c1ccc(C2[N-]CO2)cc1.